The van der Waals surface area contributed by atoms with Crippen LogP contribution in [0.2, 0.25) is 5.02 Å². The largest absolute Gasteiger partial charge is 0.493 e. The fraction of sp³-hybridized carbons (Fsp3) is 0.381. The molecule has 0 radical (unpaired) electrons. The Morgan fingerprint density at radius 3 is 2.59 bits per heavy atom. The van der Waals surface area contributed by atoms with Crippen LogP contribution in [-0.4, -0.2) is 26.2 Å². The fourth-order valence-electron chi connectivity index (χ4n) is 3.57. The third kappa shape index (κ3) is 4.54. The lowest BCUT2D eigenvalue weighted by Crippen LogP contribution is -2.43. The van der Waals surface area contributed by atoms with Gasteiger partial charge in [0.1, 0.15) is 0 Å². The van der Waals surface area contributed by atoms with Crippen LogP contribution in [0.3, 0.4) is 0 Å². The van der Waals surface area contributed by atoms with Gasteiger partial charge in [-0.05, 0) is 36.1 Å². The van der Waals surface area contributed by atoms with Crippen LogP contribution in [0.25, 0.3) is 0 Å². The molecule has 0 atom stereocenters. The van der Waals surface area contributed by atoms with Gasteiger partial charge in [0.15, 0.2) is 18.1 Å². The summed E-state index contributed by atoms with van der Waals surface area (Å²) in [6, 6.07) is 14.4. The summed E-state index contributed by atoms with van der Waals surface area (Å²) in [5.41, 5.74) is 7.74. The van der Waals surface area contributed by atoms with Gasteiger partial charge in [0.2, 0.25) is 0 Å². The van der Waals surface area contributed by atoms with Crippen molar-refractivity contribution < 1.29 is 14.3 Å². The first-order valence-corrected chi connectivity index (χ1v) is 9.46. The van der Waals surface area contributed by atoms with Crippen molar-refractivity contribution in [2.45, 2.75) is 31.2 Å². The smallest absolute Gasteiger partial charge is 0.255 e. The Kier molecular flexibility index (Phi) is 6.24. The number of rotatable bonds is 9. The van der Waals surface area contributed by atoms with Gasteiger partial charge in [0.25, 0.3) is 5.91 Å². The molecule has 144 valence electrons. The maximum atomic E-state index is 10.9. The van der Waals surface area contributed by atoms with Crippen molar-refractivity contribution in [3.63, 3.8) is 0 Å². The van der Waals surface area contributed by atoms with Crippen molar-refractivity contribution in [2.24, 2.45) is 5.73 Å². The lowest BCUT2D eigenvalue weighted by Gasteiger charge is -2.43. The van der Waals surface area contributed by atoms with Gasteiger partial charge in [-0.2, -0.15) is 0 Å². The number of halogens is 1. The van der Waals surface area contributed by atoms with Crippen LogP contribution in [0.1, 0.15) is 30.4 Å². The molecule has 1 aliphatic rings. The molecule has 0 aliphatic heterocycles. The molecule has 0 unspecified atom stereocenters. The summed E-state index contributed by atoms with van der Waals surface area (Å²) in [5, 5.41) is 3.96. The highest BCUT2D eigenvalue weighted by atomic mass is 35.5. The molecule has 27 heavy (non-hydrogen) atoms. The second kappa shape index (κ2) is 8.63. The number of amides is 1. The Morgan fingerprint density at radius 1 is 1.26 bits per heavy atom. The minimum absolute atomic E-state index is 0.222. The quantitative estimate of drug-likeness (QED) is 0.690. The number of benzene rings is 2. The summed E-state index contributed by atoms with van der Waals surface area (Å²) in [5.74, 6) is 0.258. The normalized spacial score (nSPS) is 15.0. The van der Waals surface area contributed by atoms with Crippen LogP contribution in [0.4, 0.5) is 0 Å². The van der Waals surface area contributed by atoms with Crippen molar-refractivity contribution in [3.05, 3.63) is 58.6 Å². The minimum Gasteiger partial charge on any atom is -0.493 e. The Balaban J connectivity index is 1.66. The molecule has 3 rings (SSSR count). The van der Waals surface area contributed by atoms with Crippen LogP contribution >= 0.6 is 11.6 Å². The molecule has 0 spiro atoms. The SMILES string of the molecule is COc1cc(CNCC2(c3ccccc3)CCC2)cc(Cl)c1OCC(N)=O. The molecule has 0 aromatic heterocycles. The van der Waals surface area contributed by atoms with E-state index in [0.717, 1.165) is 12.1 Å². The molecular weight excluding hydrogens is 364 g/mol. The zero-order valence-corrected chi connectivity index (χ0v) is 16.2. The van der Waals surface area contributed by atoms with E-state index in [2.05, 4.69) is 35.6 Å². The van der Waals surface area contributed by atoms with Gasteiger partial charge in [-0.25, -0.2) is 0 Å². The summed E-state index contributed by atoms with van der Waals surface area (Å²) in [6.07, 6.45) is 3.67. The predicted molar refractivity (Wildman–Crippen MR) is 106 cm³/mol. The second-order valence-electron chi connectivity index (χ2n) is 6.97. The third-order valence-corrected chi connectivity index (χ3v) is 5.42. The molecule has 1 fully saturated rings. The van der Waals surface area contributed by atoms with Gasteiger partial charge in [-0.1, -0.05) is 48.4 Å². The number of ether oxygens (including phenoxy) is 2. The number of hydrogen-bond acceptors (Lipinski definition) is 4. The Morgan fingerprint density at radius 2 is 2.00 bits per heavy atom. The van der Waals surface area contributed by atoms with Gasteiger partial charge in [0.05, 0.1) is 12.1 Å². The summed E-state index contributed by atoms with van der Waals surface area (Å²) in [7, 11) is 1.54. The van der Waals surface area contributed by atoms with E-state index in [1.54, 1.807) is 7.11 Å². The summed E-state index contributed by atoms with van der Waals surface area (Å²) in [4.78, 5) is 10.9. The van der Waals surface area contributed by atoms with Gasteiger partial charge >= 0.3 is 0 Å². The van der Waals surface area contributed by atoms with Crippen LogP contribution in [0.5, 0.6) is 11.5 Å². The van der Waals surface area contributed by atoms with Crippen LogP contribution in [0, 0.1) is 0 Å². The maximum absolute atomic E-state index is 10.9. The van der Waals surface area contributed by atoms with E-state index in [0.29, 0.717) is 23.1 Å². The fourth-order valence-corrected chi connectivity index (χ4v) is 3.86. The zero-order valence-electron chi connectivity index (χ0n) is 15.5. The van der Waals surface area contributed by atoms with Crippen molar-refractivity contribution in [3.8, 4) is 11.5 Å². The Hall–Kier alpha value is -2.24. The molecular formula is C21H25ClN2O3. The summed E-state index contributed by atoms with van der Waals surface area (Å²) >= 11 is 6.32. The van der Waals surface area contributed by atoms with Crippen LogP contribution in [0.15, 0.2) is 42.5 Å². The minimum atomic E-state index is -0.564. The molecule has 5 nitrogen and oxygen atoms in total. The molecule has 6 heteroatoms. The lowest BCUT2D eigenvalue weighted by molar-refractivity contribution is -0.119. The summed E-state index contributed by atoms with van der Waals surface area (Å²) < 4.78 is 10.7. The highest BCUT2D eigenvalue weighted by Crippen LogP contribution is 2.43. The van der Waals surface area contributed by atoms with Crippen molar-refractivity contribution in [1.82, 2.24) is 5.32 Å². The van der Waals surface area contributed by atoms with E-state index >= 15 is 0 Å². The highest BCUT2D eigenvalue weighted by Gasteiger charge is 2.37. The highest BCUT2D eigenvalue weighted by molar-refractivity contribution is 6.32. The first kappa shape index (κ1) is 19.5. The number of carbonyl (C=O) groups is 1. The standard InChI is InChI=1S/C21H25ClN2O3/c1-26-18-11-15(10-17(22)20(18)27-13-19(23)25)12-24-14-21(8-5-9-21)16-6-3-2-4-7-16/h2-4,6-7,10-11,24H,5,8-9,12-14H2,1H3,(H2,23,25). The zero-order chi connectivity index (χ0) is 19.3. The Bertz CT molecular complexity index is 792. The Labute approximate surface area is 164 Å². The molecule has 0 bridgehead atoms. The van der Waals surface area contributed by atoms with Gasteiger partial charge in [-0.15, -0.1) is 0 Å². The average Bonchev–Trinajstić information content (AvgIpc) is 2.63. The summed E-state index contributed by atoms with van der Waals surface area (Å²) in [6.45, 7) is 1.34. The third-order valence-electron chi connectivity index (χ3n) is 5.14. The monoisotopic (exact) mass is 388 g/mol. The van der Waals surface area contributed by atoms with Gasteiger partial charge < -0.3 is 20.5 Å². The van der Waals surface area contributed by atoms with E-state index in [-0.39, 0.29) is 12.0 Å². The van der Waals surface area contributed by atoms with E-state index in [1.807, 2.05) is 12.1 Å². The molecule has 1 amide bonds. The van der Waals surface area contributed by atoms with Crippen molar-refractivity contribution >= 4 is 17.5 Å². The van der Waals surface area contributed by atoms with E-state index in [4.69, 9.17) is 26.8 Å². The molecule has 2 aromatic carbocycles. The van der Waals surface area contributed by atoms with Crippen molar-refractivity contribution in [1.29, 1.82) is 0 Å². The lowest BCUT2D eigenvalue weighted by atomic mass is 9.64. The molecule has 1 aliphatic carbocycles. The number of carbonyl (C=O) groups excluding carboxylic acids is 1. The van der Waals surface area contributed by atoms with Gasteiger partial charge in [-0.3, -0.25) is 4.79 Å². The number of hydrogen-bond donors (Lipinski definition) is 2. The maximum Gasteiger partial charge on any atom is 0.255 e. The second-order valence-corrected chi connectivity index (χ2v) is 7.37. The number of methoxy groups -OCH3 is 1. The molecule has 1 saturated carbocycles. The van der Waals surface area contributed by atoms with Crippen LogP contribution < -0.4 is 20.5 Å². The number of nitrogens with one attached hydrogen (secondary N) is 1. The van der Waals surface area contributed by atoms with E-state index in [1.165, 1.54) is 24.8 Å². The molecule has 3 N–H and O–H groups in total. The predicted octanol–water partition coefficient (Wildman–Crippen LogP) is 3.42. The van der Waals surface area contributed by atoms with Crippen molar-refractivity contribution in [2.75, 3.05) is 20.3 Å². The molecule has 2 aromatic rings. The number of primary amides is 1. The average molecular weight is 389 g/mol. The number of nitrogens with two attached hydrogens (primary N) is 1. The topological polar surface area (TPSA) is 73.6 Å². The molecule has 0 heterocycles. The van der Waals surface area contributed by atoms with E-state index < -0.39 is 5.91 Å². The van der Waals surface area contributed by atoms with Gasteiger partial charge in [0, 0.05) is 18.5 Å². The molecule has 0 saturated heterocycles. The first-order chi connectivity index (χ1) is 13.0. The van der Waals surface area contributed by atoms with Crippen LogP contribution in [-0.2, 0) is 16.8 Å². The first-order valence-electron chi connectivity index (χ1n) is 9.08. The van der Waals surface area contributed by atoms with E-state index in [9.17, 15) is 4.79 Å².